The lowest BCUT2D eigenvalue weighted by atomic mass is 9.69. The monoisotopic (exact) mass is 366 g/mol. The molecule has 0 amide bonds. The van der Waals surface area contributed by atoms with Gasteiger partial charge in [-0.3, -0.25) is 4.79 Å². The minimum absolute atomic E-state index is 0.0350. The molecule has 0 heterocycles. The first-order chi connectivity index (χ1) is 13.0. The van der Waals surface area contributed by atoms with Crippen molar-refractivity contribution in [3.05, 3.63) is 59.4 Å². The molecule has 140 valence electrons. The van der Waals surface area contributed by atoms with Crippen molar-refractivity contribution >= 4 is 12.0 Å². The topological polar surface area (TPSA) is 62.7 Å². The van der Waals surface area contributed by atoms with Crippen LogP contribution in [0.4, 0.5) is 4.39 Å². The third kappa shape index (κ3) is 4.69. The molecule has 1 aliphatic rings. The van der Waals surface area contributed by atoms with Crippen molar-refractivity contribution in [2.24, 2.45) is 5.92 Å². The molecule has 27 heavy (non-hydrogen) atoms. The fourth-order valence-corrected chi connectivity index (χ4v) is 3.58. The number of hydrogen-bond acceptors (Lipinski definition) is 2. The Bertz CT molecular complexity index is 864. The molecule has 0 saturated heterocycles. The second kappa shape index (κ2) is 8.28. The average molecular weight is 366 g/mol. The second-order valence-corrected chi connectivity index (χ2v) is 7.38. The van der Waals surface area contributed by atoms with Crippen LogP contribution in [0.2, 0.25) is 0 Å². The third-order valence-electron chi connectivity index (χ3n) is 4.93. The highest BCUT2D eigenvalue weighted by atomic mass is 19.1. The third-order valence-corrected chi connectivity index (χ3v) is 4.93. The first-order valence-corrected chi connectivity index (χ1v) is 9.23. The van der Waals surface area contributed by atoms with Crippen LogP contribution in [0.25, 0.3) is 16.7 Å². The van der Waals surface area contributed by atoms with E-state index in [9.17, 15) is 9.18 Å². The predicted molar refractivity (Wildman–Crippen MR) is 102 cm³/mol. The summed E-state index contributed by atoms with van der Waals surface area (Å²) < 4.78 is 19.9. The van der Waals surface area contributed by atoms with Gasteiger partial charge in [-0.25, -0.2) is 4.39 Å². The fourth-order valence-electron chi connectivity index (χ4n) is 3.58. The van der Waals surface area contributed by atoms with Gasteiger partial charge in [-0.15, -0.1) is 0 Å². The largest absolute Gasteiger partial charge is 0.491 e. The summed E-state index contributed by atoms with van der Waals surface area (Å²) in [6, 6.07) is 12.7. The van der Waals surface area contributed by atoms with E-state index in [0.29, 0.717) is 29.6 Å². The molecule has 1 saturated carbocycles. The minimum atomic E-state index is -0.272. The van der Waals surface area contributed by atoms with E-state index in [1.165, 1.54) is 11.6 Å². The van der Waals surface area contributed by atoms with Crippen LogP contribution in [-0.4, -0.2) is 22.9 Å². The summed E-state index contributed by atoms with van der Waals surface area (Å²) in [5, 5.41) is 0. The van der Waals surface area contributed by atoms with Crippen LogP contribution in [0.1, 0.15) is 44.6 Å². The predicted octanol–water partition coefficient (Wildman–Crippen LogP) is 5.03. The number of ketones is 1. The quantitative estimate of drug-likeness (QED) is 0.392. The maximum Gasteiger partial charge on any atom is 0.323 e. The van der Waals surface area contributed by atoms with E-state index >= 15 is 0 Å². The van der Waals surface area contributed by atoms with Gasteiger partial charge in [-0.2, -0.15) is 4.79 Å². The number of hydrogen-bond donors (Lipinski definition) is 0. The molecule has 0 unspecified atom stereocenters. The smallest absolute Gasteiger partial charge is 0.323 e. The molecule has 4 nitrogen and oxygen atoms in total. The van der Waals surface area contributed by atoms with Crippen LogP contribution >= 0.6 is 0 Å². The Labute approximate surface area is 158 Å². The second-order valence-electron chi connectivity index (χ2n) is 7.38. The average Bonchev–Trinajstić information content (AvgIpc) is 2.59. The van der Waals surface area contributed by atoms with Gasteiger partial charge in [0.15, 0.2) is 0 Å². The molecule has 0 radical (unpaired) electrons. The maximum atomic E-state index is 14.2. The Kier molecular flexibility index (Phi) is 5.82. The van der Waals surface area contributed by atoms with Crippen LogP contribution in [0.15, 0.2) is 42.5 Å². The maximum absolute atomic E-state index is 14.2. The highest BCUT2D eigenvalue weighted by molar-refractivity contribution is 6.25. The first kappa shape index (κ1) is 19.0. The van der Waals surface area contributed by atoms with E-state index in [1.54, 1.807) is 12.1 Å². The number of halogens is 1. The molecule has 2 aromatic carbocycles. The summed E-state index contributed by atoms with van der Waals surface area (Å²) in [5.41, 5.74) is 10.9. The van der Waals surface area contributed by atoms with Crippen molar-refractivity contribution in [1.82, 2.24) is 0 Å². The summed E-state index contributed by atoms with van der Waals surface area (Å²) in [7, 11) is 0. The lowest BCUT2D eigenvalue weighted by molar-refractivity contribution is -0.117. The summed E-state index contributed by atoms with van der Waals surface area (Å²) in [4.78, 5) is 14.2. The SMILES string of the molecule is CC(C)Oc1ccc(F)c(-c2ccc(C3CC(CC(=O)C=[N+]=[N-])C3)cc2)c1. The van der Waals surface area contributed by atoms with Crippen LogP contribution in [0, 0.1) is 11.7 Å². The highest BCUT2D eigenvalue weighted by Crippen LogP contribution is 2.43. The number of carbonyl (C=O) groups excluding carboxylic acids is 1. The van der Waals surface area contributed by atoms with Crippen molar-refractivity contribution < 1.29 is 18.7 Å². The van der Waals surface area contributed by atoms with Gasteiger partial charge in [-0.1, -0.05) is 24.3 Å². The Morgan fingerprint density at radius 3 is 2.59 bits per heavy atom. The van der Waals surface area contributed by atoms with Crippen molar-refractivity contribution in [3.63, 3.8) is 0 Å². The molecular weight excluding hydrogens is 343 g/mol. The van der Waals surface area contributed by atoms with Gasteiger partial charge < -0.3 is 10.3 Å². The van der Waals surface area contributed by atoms with Gasteiger partial charge in [-0.05, 0) is 67.9 Å². The molecule has 0 bridgehead atoms. The van der Waals surface area contributed by atoms with Gasteiger partial charge in [0.1, 0.15) is 11.6 Å². The lowest BCUT2D eigenvalue weighted by Crippen LogP contribution is -2.24. The molecule has 1 aliphatic carbocycles. The van der Waals surface area contributed by atoms with Crippen LogP contribution in [0.3, 0.4) is 0 Å². The minimum Gasteiger partial charge on any atom is -0.491 e. The first-order valence-electron chi connectivity index (χ1n) is 9.23. The number of nitrogens with zero attached hydrogens (tertiary/aromatic N) is 2. The van der Waals surface area contributed by atoms with Crippen molar-refractivity contribution in [2.75, 3.05) is 0 Å². The zero-order valence-electron chi connectivity index (χ0n) is 15.6. The van der Waals surface area contributed by atoms with Gasteiger partial charge in [0.25, 0.3) is 0 Å². The number of benzene rings is 2. The number of Topliss-reactive ketones (excluding diaryl/α,β-unsaturated/α-hetero) is 1. The molecule has 0 aliphatic heterocycles. The molecule has 5 heteroatoms. The van der Waals surface area contributed by atoms with Gasteiger partial charge in [0.05, 0.1) is 6.10 Å². The molecule has 0 spiro atoms. The number of carbonyl (C=O) groups is 1. The van der Waals surface area contributed by atoms with Crippen molar-refractivity contribution in [1.29, 1.82) is 0 Å². The van der Waals surface area contributed by atoms with Gasteiger partial charge in [0, 0.05) is 12.0 Å². The van der Waals surface area contributed by atoms with E-state index in [0.717, 1.165) is 24.6 Å². The van der Waals surface area contributed by atoms with Gasteiger partial charge >= 0.3 is 6.21 Å². The Hall–Kier alpha value is -2.78. The summed E-state index contributed by atoms with van der Waals surface area (Å²) >= 11 is 0. The normalized spacial score (nSPS) is 18.5. The van der Waals surface area contributed by atoms with E-state index in [2.05, 4.69) is 4.79 Å². The fraction of sp³-hybridized carbons (Fsp3) is 0.364. The van der Waals surface area contributed by atoms with Crippen LogP contribution in [0.5, 0.6) is 5.75 Å². The summed E-state index contributed by atoms with van der Waals surface area (Å²) in [6.45, 7) is 3.88. The number of ether oxygens (including phenoxy) is 1. The summed E-state index contributed by atoms with van der Waals surface area (Å²) in [6.07, 6.45) is 3.31. The Balaban J connectivity index is 1.66. The van der Waals surface area contributed by atoms with Crippen LogP contribution in [-0.2, 0) is 4.79 Å². The van der Waals surface area contributed by atoms with E-state index in [4.69, 9.17) is 10.3 Å². The molecule has 2 aromatic rings. The zero-order valence-corrected chi connectivity index (χ0v) is 15.6. The van der Waals surface area contributed by atoms with E-state index in [1.807, 2.05) is 38.1 Å². The van der Waals surface area contributed by atoms with Crippen molar-refractivity contribution in [2.45, 2.75) is 45.1 Å². The van der Waals surface area contributed by atoms with E-state index < -0.39 is 0 Å². The summed E-state index contributed by atoms with van der Waals surface area (Å²) in [5.74, 6) is 0.996. The molecule has 0 N–H and O–H groups in total. The van der Waals surface area contributed by atoms with E-state index in [-0.39, 0.29) is 17.7 Å². The highest BCUT2D eigenvalue weighted by Gasteiger charge is 2.32. The van der Waals surface area contributed by atoms with Gasteiger partial charge in [0.2, 0.25) is 5.78 Å². The van der Waals surface area contributed by atoms with Crippen LogP contribution < -0.4 is 4.74 Å². The van der Waals surface area contributed by atoms with Crippen molar-refractivity contribution in [3.8, 4) is 16.9 Å². The Morgan fingerprint density at radius 1 is 1.26 bits per heavy atom. The molecule has 3 rings (SSSR count). The number of rotatable bonds is 7. The molecule has 0 atom stereocenters. The zero-order chi connectivity index (χ0) is 19.4. The molecular formula is C22H23FN2O2. The lowest BCUT2D eigenvalue weighted by Gasteiger charge is -2.35. The molecule has 1 fully saturated rings. The standard InChI is InChI=1S/C22H23FN2O2/c1-14(2)27-20-7-8-22(23)21(12-20)17-5-3-16(4-6-17)18-9-15(10-18)11-19(26)13-25-24/h3-8,12-15,18H,9-11H2,1-2H3. The Morgan fingerprint density at radius 2 is 1.96 bits per heavy atom. The molecule has 0 aromatic heterocycles.